The van der Waals surface area contributed by atoms with Crippen molar-refractivity contribution in [2.75, 3.05) is 0 Å². The topological polar surface area (TPSA) is 44.1 Å². The monoisotopic (exact) mass is 438 g/mol. The highest BCUT2D eigenvalue weighted by molar-refractivity contribution is 5.98. The lowest BCUT2D eigenvalue weighted by atomic mass is 9.79. The summed E-state index contributed by atoms with van der Waals surface area (Å²) in [7, 11) is 0. The fraction of sp³-hybridized carbons (Fsp3) is 0.310. The maximum atomic E-state index is 13.2. The van der Waals surface area contributed by atoms with Crippen LogP contribution in [-0.2, 0) is 16.9 Å². The van der Waals surface area contributed by atoms with E-state index in [0.717, 1.165) is 40.7 Å². The van der Waals surface area contributed by atoms with E-state index in [1.807, 2.05) is 6.07 Å². The zero-order valence-electron chi connectivity index (χ0n) is 19.8. The predicted octanol–water partition coefficient (Wildman–Crippen LogP) is 6.61. The fourth-order valence-electron chi connectivity index (χ4n) is 5.47. The van der Waals surface area contributed by atoms with E-state index in [-0.39, 0.29) is 5.97 Å². The largest absolute Gasteiger partial charge is 0.439 e. The van der Waals surface area contributed by atoms with Gasteiger partial charge in [-0.15, -0.1) is 0 Å². The molecule has 0 aliphatic carbocycles. The molecule has 2 aromatic heterocycles. The predicted molar refractivity (Wildman–Crippen MR) is 132 cm³/mol. The van der Waals surface area contributed by atoms with E-state index in [0.29, 0.717) is 11.3 Å². The quantitative estimate of drug-likeness (QED) is 0.251. The molecule has 0 fully saturated rings. The molecule has 0 radical (unpaired) electrons. The van der Waals surface area contributed by atoms with Crippen LogP contribution in [0.4, 0.5) is 0 Å². The Labute approximate surface area is 195 Å². The molecular weight excluding hydrogens is 408 g/mol. The van der Waals surface area contributed by atoms with Gasteiger partial charge in [-0.3, -0.25) is 4.98 Å². The Morgan fingerprint density at radius 2 is 1.82 bits per heavy atom. The van der Waals surface area contributed by atoms with E-state index in [2.05, 4.69) is 74.7 Å². The van der Waals surface area contributed by atoms with Crippen molar-refractivity contribution in [2.24, 2.45) is 0 Å². The third-order valence-electron chi connectivity index (χ3n) is 6.94. The molecule has 0 bridgehead atoms. The smallest absolute Gasteiger partial charge is 0.341 e. The average molecular weight is 439 g/mol. The van der Waals surface area contributed by atoms with Crippen LogP contribution in [-0.4, -0.2) is 15.5 Å². The minimum atomic E-state index is -1.08. The first-order chi connectivity index (χ1) is 16.0. The molecule has 0 N–H and O–H groups in total. The van der Waals surface area contributed by atoms with Crippen molar-refractivity contribution in [2.45, 2.75) is 59.1 Å². The van der Waals surface area contributed by atoms with Crippen molar-refractivity contribution < 1.29 is 9.53 Å². The van der Waals surface area contributed by atoms with E-state index in [1.54, 1.807) is 12.3 Å². The van der Waals surface area contributed by atoms with E-state index < -0.39 is 5.60 Å². The zero-order chi connectivity index (χ0) is 23.2. The number of esters is 1. The second-order valence-corrected chi connectivity index (χ2v) is 9.12. The summed E-state index contributed by atoms with van der Waals surface area (Å²) in [5, 5.41) is 1.11. The molecule has 1 aliphatic heterocycles. The second kappa shape index (κ2) is 8.18. The molecule has 168 valence electrons. The number of fused-ring (bicyclic) bond motifs is 2. The van der Waals surface area contributed by atoms with Gasteiger partial charge >= 0.3 is 5.97 Å². The molecule has 0 amide bonds. The lowest BCUT2D eigenvalue weighted by Gasteiger charge is -2.31. The number of carbonyl (C=O) groups is 1. The van der Waals surface area contributed by atoms with E-state index in [9.17, 15) is 4.79 Å². The van der Waals surface area contributed by atoms with Crippen molar-refractivity contribution >= 4 is 16.9 Å². The number of ether oxygens (including phenoxy) is 1. The number of benzene rings is 2. The van der Waals surface area contributed by atoms with Crippen LogP contribution >= 0.6 is 0 Å². The summed E-state index contributed by atoms with van der Waals surface area (Å²) in [5.41, 5.74) is 6.70. The van der Waals surface area contributed by atoms with Crippen LogP contribution < -0.4 is 0 Å². The molecular formula is C29H30N2O2. The number of carbonyl (C=O) groups excluding carboxylic acids is 1. The Morgan fingerprint density at radius 1 is 1.00 bits per heavy atom. The first-order valence-corrected chi connectivity index (χ1v) is 11.8. The van der Waals surface area contributed by atoms with Crippen LogP contribution in [0.1, 0.15) is 70.2 Å². The van der Waals surface area contributed by atoms with Crippen LogP contribution in [0.15, 0.2) is 60.8 Å². The van der Waals surface area contributed by atoms with Crippen LogP contribution in [0.5, 0.6) is 0 Å². The van der Waals surface area contributed by atoms with E-state index in [4.69, 9.17) is 9.72 Å². The number of pyridine rings is 1. The van der Waals surface area contributed by atoms with Crippen LogP contribution in [0.2, 0.25) is 0 Å². The van der Waals surface area contributed by atoms with Gasteiger partial charge in [0.2, 0.25) is 5.60 Å². The normalized spacial score (nSPS) is 17.4. The summed E-state index contributed by atoms with van der Waals surface area (Å²) in [6.45, 7) is 9.49. The Bertz CT molecular complexity index is 1370. The number of unbranched alkanes of at least 4 members (excludes halogenated alkanes) is 2. The first-order valence-electron chi connectivity index (χ1n) is 11.8. The number of nitrogens with zero attached hydrogens (tertiary/aromatic N) is 2. The molecule has 4 heteroatoms. The van der Waals surface area contributed by atoms with Gasteiger partial charge in [0.15, 0.2) is 0 Å². The summed E-state index contributed by atoms with van der Waals surface area (Å²) in [6.07, 6.45) is 5.23. The van der Waals surface area contributed by atoms with E-state index >= 15 is 0 Å². The molecule has 2 aromatic carbocycles. The average Bonchev–Trinajstić information content (AvgIpc) is 3.26. The number of rotatable bonds is 6. The number of hydrogen-bond acceptors (Lipinski definition) is 3. The van der Waals surface area contributed by atoms with Gasteiger partial charge < -0.3 is 9.30 Å². The molecule has 1 unspecified atom stereocenters. The SMILES string of the molecule is CCCCCn1c(C)c(C2(c3ccc(C)cc3C)OC(=O)c3cccnc32)c2ccccc21. The highest BCUT2D eigenvalue weighted by Crippen LogP contribution is 2.50. The highest BCUT2D eigenvalue weighted by atomic mass is 16.6. The Morgan fingerprint density at radius 3 is 2.61 bits per heavy atom. The van der Waals surface area contributed by atoms with Crippen molar-refractivity contribution in [3.8, 4) is 0 Å². The van der Waals surface area contributed by atoms with Gasteiger partial charge in [0.1, 0.15) is 5.69 Å². The third-order valence-corrected chi connectivity index (χ3v) is 6.94. The van der Waals surface area contributed by atoms with Gasteiger partial charge in [-0.1, -0.05) is 61.7 Å². The number of aryl methyl sites for hydroxylation is 3. The second-order valence-electron chi connectivity index (χ2n) is 9.12. The molecule has 4 nitrogen and oxygen atoms in total. The summed E-state index contributed by atoms with van der Waals surface area (Å²) in [5.74, 6) is -0.319. The molecule has 3 heterocycles. The standard InChI is InChI=1S/C29H30N2O2/c1-5-6-9-17-31-21(4)26(22-11-7-8-13-25(22)31)29(24-15-14-19(2)18-20(24)3)27-23(28(32)33-29)12-10-16-30-27/h7-8,10-16,18H,5-6,9,17H2,1-4H3. The van der Waals surface area contributed by atoms with Crippen LogP contribution in [0.25, 0.3) is 10.9 Å². The molecule has 1 atom stereocenters. The van der Waals surface area contributed by atoms with Gasteiger partial charge in [-0.05, 0) is 51.0 Å². The van der Waals surface area contributed by atoms with Crippen LogP contribution in [0.3, 0.4) is 0 Å². The minimum Gasteiger partial charge on any atom is -0.439 e. The lowest BCUT2D eigenvalue weighted by Crippen LogP contribution is -2.32. The van der Waals surface area contributed by atoms with Crippen molar-refractivity contribution in [1.29, 1.82) is 0 Å². The molecule has 4 aromatic rings. The van der Waals surface area contributed by atoms with Crippen molar-refractivity contribution in [1.82, 2.24) is 9.55 Å². The maximum Gasteiger partial charge on any atom is 0.341 e. The van der Waals surface area contributed by atoms with Crippen molar-refractivity contribution in [3.05, 3.63) is 100.0 Å². The minimum absolute atomic E-state index is 0.319. The van der Waals surface area contributed by atoms with Gasteiger partial charge in [-0.2, -0.15) is 0 Å². The molecule has 5 rings (SSSR count). The lowest BCUT2D eigenvalue weighted by molar-refractivity contribution is 0.0244. The first kappa shape index (κ1) is 21.4. The van der Waals surface area contributed by atoms with Gasteiger partial charge in [-0.25, -0.2) is 4.79 Å². The Kier molecular flexibility index (Phi) is 5.32. The number of para-hydroxylation sites is 1. The number of aromatic nitrogens is 2. The molecule has 0 saturated carbocycles. The van der Waals surface area contributed by atoms with E-state index in [1.165, 1.54) is 23.9 Å². The maximum absolute atomic E-state index is 13.2. The van der Waals surface area contributed by atoms with Gasteiger partial charge in [0, 0.05) is 40.5 Å². The summed E-state index contributed by atoms with van der Waals surface area (Å²) in [4.78, 5) is 18.0. The number of hydrogen-bond donors (Lipinski definition) is 0. The summed E-state index contributed by atoms with van der Waals surface area (Å²) >= 11 is 0. The van der Waals surface area contributed by atoms with Gasteiger partial charge in [0.05, 0.1) is 5.56 Å². The Balaban J connectivity index is 1.87. The number of cyclic esters (lactones) is 1. The molecule has 0 spiro atoms. The molecule has 33 heavy (non-hydrogen) atoms. The third kappa shape index (κ3) is 3.19. The van der Waals surface area contributed by atoms with Crippen LogP contribution in [0, 0.1) is 20.8 Å². The Hall–Kier alpha value is -3.40. The molecule has 0 saturated heterocycles. The summed E-state index contributed by atoms with van der Waals surface area (Å²) in [6, 6.07) is 18.4. The summed E-state index contributed by atoms with van der Waals surface area (Å²) < 4.78 is 8.81. The van der Waals surface area contributed by atoms with Crippen molar-refractivity contribution in [3.63, 3.8) is 0 Å². The zero-order valence-corrected chi connectivity index (χ0v) is 19.8. The van der Waals surface area contributed by atoms with Gasteiger partial charge in [0.25, 0.3) is 0 Å². The molecule has 1 aliphatic rings. The highest BCUT2D eigenvalue weighted by Gasteiger charge is 2.53. The fourth-order valence-corrected chi connectivity index (χ4v) is 5.47.